The minimum absolute atomic E-state index is 0.105. The Morgan fingerprint density at radius 1 is 0.886 bits per heavy atom. The van der Waals surface area contributed by atoms with Crippen molar-refractivity contribution in [3.8, 4) is 0 Å². The predicted molar refractivity (Wildman–Crippen MR) is 131 cm³/mol. The Labute approximate surface area is 203 Å². The Bertz CT molecular complexity index is 1180. The molecule has 0 spiro atoms. The molecule has 4 amide bonds. The third kappa shape index (κ3) is 6.74. The third-order valence-electron chi connectivity index (χ3n) is 5.91. The van der Waals surface area contributed by atoms with Crippen molar-refractivity contribution in [3.05, 3.63) is 101 Å². The van der Waals surface area contributed by atoms with Gasteiger partial charge in [-0.2, -0.15) is 0 Å². The van der Waals surface area contributed by atoms with Gasteiger partial charge in [-0.1, -0.05) is 54.6 Å². The van der Waals surface area contributed by atoms with Gasteiger partial charge in [-0.25, -0.2) is 9.18 Å². The molecule has 8 heteroatoms. The number of urea groups is 1. The van der Waals surface area contributed by atoms with Gasteiger partial charge in [0.2, 0.25) is 11.8 Å². The number of imide groups is 1. The molecule has 0 fully saturated rings. The molecule has 1 unspecified atom stereocenters. The topological polar surface area (TPSA) is 90.5 Å². The predicted octanol–water partition coefficient (Wildman–Crippen LogP) is 3.26. The second kappa shape index (κ2) is 11.4. The Kier molecular flexibility index (Phi) is 7.84. The first kappa shape index (κ1) is 24.1. The zero-order valence-corrected chi connectivity index (χ0v) is 19.2. The lowest BCUT2D eigenvalue weighted by Crippen LogP contribution is -2.53. The number of amides is 4. The van der Waals surface area contributed by atoms with Crippen LogP contribution >= 0.6 is 0 Å². The first-order valence-corrected chi connectivity index (χ1v) is 11.5. The van der Waals surface area contributed by atoms with Crippen LogP contribution in [0.4, 0.5) is 14.9 Å². The van der Waals surface area contributed by atoms with E-state index in [0.29, 0.717) is 31.6 Å². The molecule has 0 radical (unpaired) electrons. The van der Waals surface area contributed by atoms with Gasteiger partial charge in [-0.3, -0.25) is 19.8 Å². The highest BCUT2D eigenvalue weighted by atomic mass is 19.1. The lowest BCUT2D eigenvalue weighted by atomic mass is 9.93. The van der Waals surface area contributed by atoms with E-state index in [-0.39, 0.29) is 18.3 Å². The second-order valence-corrected chi connectivity index (χ2v) is 8.43. The van der Waals surface area contributed by atoms with E-state index in [1.807, 2.05) is 30.3 Å². The molecule has 0 aromatic heterocycles. The number of hydrogen-bond donors (Lipinski definition) is 3. The van der Waals surface area contributed by atoms with Gasteiger partial charge in [0.05, 0.1) is 12.6 Å². The summed E-state index contributed by atoms with van der Waals surface area (Å²) in [6.45, 7) is 0.703. The first-order chi connectivity index (χ1) is 17.0. The first-order valence-electron chi connectivity index (χ1n) is 11.5. The molecule has 3 N–H and O–H groups in total. The molecule has 180 valence electrons. The number of nitrogens with one attached hydrogen (secondary N) is 3. The standard InChI is InChI=1S/C27H27FN4O3/c28-22-12-10-19(11-13-22)14-15-29-26(34)24-16-20-6-4-5-7-21(20)17-32(24)18-25(33)31-27(35)30-23-8-2-1-3-9-23/h1-13,24H,14-18H2,(H,29,34)(H2,30,31,33,35). The highest BCUT2D eigenvalue weighted by Crippen LogP contribution is 2.23. The van der Waals surface area contributed by atoms with E-state index in [0.717, 1.165) is 16.7 Å². The van der Waals surface area contributed by atoms with Crippen LogP contribution in [0.15, 0.2) is 78.9 Å². The van der Waals surface area contributed by atoms with Crippen molar-refractivity contribution in [1.29, 1.82) is 0 Å². The molecule has 0 bridgehead atoms. The molecule has 0 saturated carbocycles. The van der Waals surface area contributed by atoms with Crippen LogP contribution in [-0.4, -0.2) is 41.9 Å². The van der Waals surface area contributed by atoms with Crippen LogP contribution in [0.25, 0.3) is 0 Å². The van der Waals surface area contributed by atoms with Crippen LogP contribution < -0.4 is 16.0 Å². The van der Waals surface area contributed by atoms with Crippen molar-refractivity contribution in [2.24, 2.45) is 0 Å². The zero-order valence-electron chi connectivity index (χ0n) is 19.2. The van der Waals surface area contributed by atoms with Crippen LogP contribution in [0.1, 0.15) is 16.7 Å². The van der Waals surface area contributed by atoms with Crippen LogP contribution in [0.3, 0.4) is 0 Å². The van der Waals surface area contributed by atoms with Gasteiger partial charge >= 0.3 is 6.03 Å². The summed E-state index contributed by atoms with van der Waals surface area (Å²) in [7, 11) is 0. The highest BCUT2D eigenvalue weighted by molar-refractivity contribution is 6.01. The summed E-state index contributed by atoms with van der Waals surface area (Å²) >= 11 is 0. The minimum atomic E-state index is -0.626. The quantitative estimate of drug-likeness (QED) is 0.490. The van der Waals surface area contributed by atoms with Crippen LogP contribution in [0.2, 0.25) is 0 Å². The number of fused-ring (bicyclic) bond motifs is 1. The van der Waals surface area contributed by atoms with Crippen LogP contribution in [0, 0.1) is 5.82 Å². The fraction of sp³-hybridized carbons (Fsp3) is 0.222. The summed E-state index contributed by atoms with van der Waals surface area (Å²) in [4.78, 5) is 39.7. The summed E-state index contributed by atoms with van der Waals surface area (Å²) in [5.74, 6) is -0.991. The Morgan fingerprint density at radius 3 is 2.31 bits per heavy atom. The third-order valence-corrected chi connectivity index (χ3v) is 5.91. The number of carbonyl (C=O) groups excluding carboxylic acids is 3. The summed E-state index contributed by atoms with van der Waals surface area (Å²) in [5, 5.41) is 7.89. The van der Waals surface area contributed by atoms with Gasteiger partial charge in [-0.15, -0.1) is 0 Å². The number of halogens is 1. The van der Waals surface area contributed by atoms with Crippen molar-refractivity contribution in [2.45, 2.75) is 25.4 Å². The summed E-state index contributed by atoms with van der Waals surface area (Å²) in [6.07, 6.45) is 1.03. The van der Waals surface area contributed by atoms with Gasteiger partial charge in [0, 0.05) is 18.8 Å². The number of rotatable bonds is 7. The van der Waals surface area contributed by atoms with Crippen molar-refractivity contribution < 1.29 is 18.8 Å². The zero-order chi connectivity index (χ0) is 24.6. The van der Waals surface area contributed by atoms with Gasteiger partial charge in [0.15, 0.2) is 0 Å². The number of carbonyl (C=O) groups is 3. The molecule has 1 heterocycles. The van der Waals surface area contributed by atoms with Gasteiger partial charge < -0.3 is 10.6 Å². The molecule has 4 rings (SSSR count). The largest absolute Gasteiger partial charge is 0.354 e. The van der Waals surface area contributed by atoms with E-state index in [2.05, 4.69) is 16.0 Å². The second-order valence-electron chi connectivity index (χ2n) is 8.43. The van der Waals surface area contributed by atoms with Crippen LogP contribution in [-0.2, 0) is 29.0 Å². The highest BCUT2D eigenvalue weighted by Gasteiger charge is 2.32. The molecule has 1 atom stereocenters. The van der Waals surface area contributed by atoms with Crippen molar-refractivity contribution in [2.75, 3.05) is 18.4 Å². The van der Waals surface area contributed by atoms with Gasteiger partial charge in [-0.05, 0) is 53.8 Å². The average Bonchev–Trinajstić information content (AvgIpc) is 2.85. The van der Waals surface area contributed by atoms with E-state index < -0.39 is 18.0 Å². The maximum absolute atomic E-state index is 13.1. The normalized spacial score (nSPS) is 15.1. The minimum Gasteiger partial charge on any atom is -0.354 e. The summed E-state index contributed by atoms with van der Waals surface area (Å²) in [6, 6.07) is 21.6. The van der Waals surface area contributed by atoms with E-state index in [9.17, 15) is 18.8 Å². The molecular weight excluding hydrogens is 447 g/mol. The molecule has 3 aromatic rings. The van der Waals surface area contributed by atoms with E-state index in [4.69, 9.17) is 0 Å². The fourth-order valence-electron chi connectivity index (χ4n) is 4.14. The smallest absolute Gasteiger partial charge is 0.325 e. The lowest BCUT2D eigenvalue weighted by molar-refractivity contribution is -0.129. The van der Waals surface area contributed by atoms with Gasteiger partial charge in [0.1, 0.15) is 5.82 Å². The summed E-state index contributed by atoms with van der Waals surface area (Å²) in [5.41, 5.74) is 3.60. The Hall–Kier alpha value is -4.04. The number of para-hydroxylation sites is 1. The molecule has 1 aliphatic heterocycles. The molecule has 0 aliphatic carbocycles. The maximum Gasteiger partial charge on any atom is 0.325 e. The van der Waals surface area contributed by atoms with Crippen molar-refractivity contribution >= 4 is 23.5 Å². The van der Waals surface area contributed by atoms with Crippen molar-refractivity contribution in [3.63, 3.8) is 0 Å². The number of benzene rings is 3. The average molecular weight is 475 g/mol. The molecule has 1 aliphatic rings. The Morgan fingerprint density at radius 2 is 1.57 bits per heavy atom. The van der Waals surface area contributed by atoms with E-state index in [1.54, 1.807) is 41.3 Å². The molecular formula is C27H27FN4O3. The lowest BCUT2D eigenvalue weighted by Gasteiger charge is -2.35. The fourth-order valence-corrected chi connectivity index (χ4v) is 4.14. The molecule has 35 heavy (non-hydrogen) atoms. The number of anilines is 1. The SMILES string of the molecule is O=C(CN1Cc2ccccc2CC1C(=O)NCCc1ccc(F)cc1)NC(=O)Nc1ccccc1. The Balaban J connectivity index is 1.37. The van der Waals surface area contributed by atoms with E-state index >= 15 is 0 Å². The maximum atomic E-state index is 13.1. The number of nitrogens with zero attached hydrogens (tertiary/aromatic N) is 1. The molecule has 7 nitrogen and oxygen atoms in total. The van der Waals surface area contributed by atoms with E-state index in [1.165, 1.54) is 12.1 Å². The summed E-state index contributed by atoms with van der Waals surface area (Å²) < 4.78 is 13.1. The van der Waals surface area contributed by atoms with Crippen LogP contribution in [0.5, 0.6) is 0 Å². The van der Waals surface area contributed by atoms with Crippen molar-refractivity contribution in [1.82, 2.24) is 15.5 Å². The molecule has 3 aromatic carbocycles. The van der Waals surface area contributed by atoms with Gasteiger partial charge in [0.25, 0.3) is 0 Å². The molecule has 0 saturated heterocycles. The monoisotopic (exact) mass is 474 g/mol. The number of hydrogen-bond acceptors (Lipinski definition) is 4.